The fourth-order valence-electron chi connectivity index (χ4n) is 6.24. The lowest BCUT2D eigenvalue weighted by molar-refractivity contribution is 0.208. The van der Waals surface area contributed by atoms with Gasteiger partial charge in [0.15, 0.2) is 0 Å². The molecule has 2 aromatic carbocycles. The summed E-state index contributed by atoms with van der Waals surface area (Å²) < 4.78 is 1.91. The van der Waals surface area contributed by atoms with Gasteiger partial charge < -0.3 is 31.1 Å². The quantitative estimate of drug-likeness (QED) is 0.150. The first-order valence-corrected chi connectivity index (χ1v) is 16.9. The summed E-state index contributed by atoms with van der Waals surface area (Å²) in [5.41, 5.74) is 2.52. The number of rotatable bonds is 14. The molecule has 4 N–H and O–H groups in total. The molecule has 244 valence electrons. The van der Waals surface area contributed by atoms with Gasteiger partial charge in [-0.3, -0.25) is 4.68 Å². The number of aromatic nitrogens is 5. The van der Waals surface area contributed by atoms with Gasteiger partial charge in [0.25, 0.3) is 0 Å². The summed E-state index contributed by atoms with van der Waals surface area (Å²) >= 11 is 0. The number of carbonyl (C=O) groups is 1. The summed E-state index contributed by atoms with van der Waals surface area (Å²) in [6.45, 7) is 7.00. The van der Waals surface area contributed by atoms with E-state index >= 15 is 0 Å². The average Bonchev–Trinajstić information content (AvgIpc) is 3.57. The number of para-hydroxylation sites is 2. The fraction of sp³-hybridized carbons (Fsp3) is 0.500. The number of nitrogens with one attached hydrogen (secondary N) is 4. The second-order valence-electron chi connectivity index (χ2n) is 12.2. The highest BCUT2D eigenvalue weighted by molar-refractivity contribution is 5.91. The lowest BCUT2D eigenvalue weighted by Crippen LogP contribution is -2.50. The molecule has 0 radical (unpaired) electrons. The number of hydrogen-bond acceptors (Lipinski definition) is 9. The molecule has 0 unspecified atom stereocenters. The van der Waals surface area contributed by atoms with Crippen molar-refractivity contribution in [2.24, 2.45) is 0 Å². The molecule has 1 saturated heterocycles. The minimum Gasteiger partial charge on any atom is -0.352 e. The van der Waals surface area contributed by atoms with Crippen LogP contribution in [-0.4, -0.2) is 87.7 Å². The zero-order chi connectivity index (χ0) is 31.4. The summed E-state index contributed by atoms with van der Waals surface area (Å²) in [6, 6.07) is 18.3. The van der Waals surface area contributed by atoms with Crippen molar-refractivity contribution in [1.82, 2.24) is 40.5 Å². The van der Waals surface area contributed by atoms with Gasteiger partial charge in [0.2, 0.25) is 5.95 Å². The second kappa shape index (κ2) is 16.3. The molecule has 1 saturated carbocycles. The molecule has 2 fully saturated rings. The van der Waals surface area contributed by atoms with Crippen LogP contribution < -0.4 is 26.2 Å². The molecule has 0 spiro atoms. The Bertz CT molecular complexity index is 1510. The highest BCUT2D eigenvalue weighted by Crippen LogP contribution is 2.26. The Labute approximate surface area is 271 Å². The van der Waals surface area contributed by atoms with E-state index in [1.165, 1.54) is 32.1 Å². The van der Waals surface area contributed by atoms with Crippen molar-refractivity contribution < 1.29 is 4.79 Å². The number of anilines is 3. The fourth-order valence-corrected chi connectivity index (χ4v) is 6.24. The van der Waals surface area contributed by atoms with Gasteiger partial charge in [-0.2, -0.15) is 4.98 Å². The third kappa shape index (κ3) is 8.91. The topological polar surface area (TPSA) is 128 Å². The van der Waals surface area contributed by atoms with E-state index in [9.17, 15) is 4.79 Å². The van der Waals surface area contributed by atoms with Crippen molar-refractivity contribution in [2.45, 2.75) is 64.1 Å². The highest BCUT2D eigenvalue weighted by Gasteiger charge is 2.24. The number of aryl methyl sites for hydroxylation is 1. The van der Waals surface area contributed by atoms with Gasteiger partial charge in [-0.25, -0.2) is 9.78 Å². The highest BCUT2D eigenvalue weighted by atomic mass is 16.2. The van der Waals surface area contributed by atoms with Crippen LogP contribution in [0.2, 0.25) is 0 Å². The Kier molecular flexibility index (Phi) is 11.2. The summed E-state index contributed by atoms with van der Waals surface area (Å²) in [5.74, 6) is 1.42. The van der Waals surface area contributed by atoms with E-state index in [0.29, 0.717) is 38.7 Å². The number of carbonyl (C=O) groups excluding carboxylic acids is 1. The first-order valence-electron chi connectivity index (χ1n) is 16.9. The first-order chi connectivity index (χ1) is 22.7. The van der Waals surface area contributed by atoms with E-state index in [1.54, 1.807) is 0 Å². The van der Waals surface area contributed by atoms with Crippen LogP contribution in [0.15, 0.2) is 60.8 Å². The van der Waals surface area contributed by atoms with E-state index in [2.05, 4.69) is 42.5 Å². The largest absolute Gasteiger partial charge is 0.352 e. The van der Waals surface area contributed by atoms with E-state index < -0.39 is 0 Å². The molecule has 3 heterocycles. The number of benzene rings is 2. The minimum absolute atomic E-state index is 0.0809. The van der Waals surface area contributed by atoms with Crippen LogP contribution in [0.1, 0.15) is 50.6 Å². The third-order valence-corrected chi connectivity index (χ3v) is 8.80. The minimum atomic E-state index is -0.0809. The maximum absolute atomic E-state index is 12.8. The van der Waals surface area contributed by atoms with Gasteiger partial charge in [0, 0.05) is 49.8 Å². The predicted octanol–water partition coefficient (Wildman–Crippen LogP) is 4.48. The molecule has 0 bridgehead atoms. The van der Waals surface area contributed by atoms with Crippen LogP contribution in [0.3, 0.4) is 0 Å². The zero-order valence-electron chi connectivity index (χ0n) is 26.7. The van der Waals surface area contributed by atoms with Crippen LogP contribution in [-0.2, 0) is 13.1 Å². The maximum Gasteiger partial charge on any atom is 0.321 e. The van der Waals surface area contributed by atoms with E-state index in [4.69, 9.17) is 9.97 Å². The van der Waals surface area contributed by atoms with Crippen LogP contribution >= 0.6 is 0 Å². The molecule has 0 atom stereocenters. The smallest absolute Gasteiger partial charge is 0.321 e. The molecule has 2 aromatic heterocycles. The Hall–Kier alpha value is -4.29. The van der Waals surface area contributed by atoms with E-state index in [-0.39, 0.29) is 6.03 Å². The summed E-state index contributed by atoms with van der Waals surface area (Å²) in [6.07, 6.45) is 11.0. The Morgan fingerprint density at radius 1 is 0.848 bits per heavy atom. The standard InChI is InChI=1S/C34H47N11O/c46-34(38-28-13-5-2-6-14-28)44-23-21-43(22-24-44)32-30-15-7-8-16-31(30)39-33(40-32)37-25-29-26-45(42-41-29)20-10-18-35-17-9-19-36-27-11-3-1-4-12-27/h2,5-8,13-16,26-27,35-36H,1,3-4,9-12,17-25H2,(H,38,46)(H,37,39,40). The Morgan fingerprint density at radius 3 is 2.48 bits per heavy atom. The Morgan fingerprint density at radius 2 is 1.63 bits per heavy atom. The van der Waals surface area contributed by atoms with Gasteiger partial charge in [0.1, 0.15) is 11.5 Å². The lowest BCUT2D eigenvalue weighted by Gasteiger charge is -2.35. The molecule has 12 heteroatoms. The molecular weight excluding hydrogens is 578 g/mol. The molecule has 2 amide bonds. The molecule has 6 rings (SSSR count). The average molecular weight is 626 g/mol. The molecule has 46 heavy (non-hydrogen) atoms. The first kappa shape index (κ1) is 31.7. The van der Waals surface area contributed by atoms with Crippen molar-refractivity contribution in [1.29, 1.82) is 0 Å². The predicted molar refractivity (Wildman–Crippen MR) is 183 cm³/mol. The molecule has 1 aliphatic heterocycles. The summed E-state index contributed by atoms with van der Waals surface area (Å²) in [4.78, 5) is 26.6. The van der Waals surface area contributed by atoms with Crippen LogP contribution in [0.5, 0.6) is 0 Å². The zero-order valence-corrected chi connectivity index (χ0v) is 26.7. The van der Waals surface area contributed by atoms with E-state index in [1.807, 2.05) is 64.3 Å². The van der Waals surface area contributed by atoms with Gasteiger partial charge in [-0.1, -0.05) is 54.8 Å². The number of hydrogen-bond donors (Lipinski definition) is 4. The van der Waals surface area contributed by atoms with Crippen molar-refractivity contribution in [2.75, 3.05) is 61.3 Å². The lowest BCUT2D eigenvalue weighted by atomic mass is 9.95. The molecule has 2 aliphatic rings. The van der Waals surface area contributed by atoms with E-state index in [0.717, 1.165) is 73.2 Å². The van der Waals surface area contributed by atoms with Crippen LogP contribution in [0.4, 0.5) is 22.2 Å². The van der Waals surface area contributed by atoms with Crippen molar-refractivity contribution in [3.63, 3.8) is 0 Å². The van der Waals surface area contributed by atoms with Gasteiger partial charge in [-0.05, 0) is 69.6 Å². The molecule has 4 aromatic rings. The Balaban J connectivity index is 0.950. The number of urea groups is 1. The van der Waals surface area contributed by atoms with Crippen molar-refractivity contribution in [3.05, 3.63) is 66.5 Å². The number of amides is 2. The van der Waals surface area contributed by atoms with Crippen LogP contribution in [0, 0.1) is 0 Å². The number of piperazine rings is 1. The van der Waals surface area contributed by atoms with Crippen molar-refractivity contribution >= 4 is 34.4 Å². The molecule has 12 nitrogen and oxygen atoms in total. The summed E-state index contributed by atoms with van der Waals surface area (Å²) in [7, 11) is 0. The number of nitrogens with zero attached hydrogens (tertiary/aromatic N) is 7. The van der Waals surface area contributed by atoms with Gasteiger partial charge >= 0.3 is 6.03 Å². The number of fused-ring (bicyclic) bond motifs is 1. The second-order valence-corrected chi connectivity index (χ2v) is 12.2. The SMILES string of the molecule is O=C(Nc1ccccc1)N1CCN(c2nc(NCc3cn(CCCNCCCNC4CCCCC4)nn3)nc3ccccc23)CC1. The van der Waals surface area contributed by atoms with Crippen LogP contribution in [0.25, 0.3) is 10.9 Å². The summed E-state index contributed by atoms with van der Waals surface area (Å²) in [5, 5.41) is 23.3. The van der Waals surface area contributed by atoms with Gasteiger partial charge in [-0.15, -0.1) is 5.10 Å². The normalized spacial score (nSPS) is 15.7. The molecule has 1 aliphatic carbocycles. The van der Waals surface area contributed by atoms with Gasteiger partial charge in [0.05, 0.1) is 18.3 Å². The third-order valence-electron chi connectivity index (χ3n) is 8.80. The monoisotopic (exact) mass is 625 g/mol. The van der Waals surface area contributed by atoms with Crippen molar-refractivity contribution in [3.8, 4) is 0 Å². The molecular formula is C34H47N11O. The maximum atomic E-state index is 12.8.